The molecule has 0 bridgehead atoms. The van der Waals surface area contributed by atoms with Crippen LogP contribution in [0.25, 0.3) is 11.1 Å². The molecule has 0 unspecified atom stereocenters. The number of piperidine rings is 2. The first-order chi connectivity index (χ1) is 17.8. The molecule has 2 aromatic heterocycles. The molecule has 0 aliphatic carbocycles. The zero-order valence-corrected chi connectivity index (χ0v) is 21.9. The van der Waals surface area contributed by atoms with Crippen molar-refractivity contribution >= 4 is 34.4 Å². The molecule has 5 rings (SSSR count). The van der Waals surface area contributed by atoms with E-state index in [1.54, 1.807) is 11.0 Å². The summed E-state index contributed by atoms with van der Waals surface area (Å²) >= 11 is 0. The summed E-state index contributed by atoms with van der Waals surface area (Å²) in [6.45, 7) is 6.68. The second-order valence-corrected chi connectivity index (χ2v) is 10.6. The van der Waals surface area contributed by atoms with Crippen molar-refractivity contribution in [2.45, 2.75) is 57.9 Å². The molecule has 196 valence electrons. The number of hydrogen-bond donors (Lipinski definition) is 2. The third-order valence-corrected chi connectivity index (χ3v) is 7.79. The summed E-state index contributed by atoms with van der Waals surface area (Å²) < 4.78 is 6.12. The maximum absolute atomic E-state index is 13.4. The number of aryl methyl sites for hydroxylation is 1. The van der Waals surface area contributed by atoms with Crippen molar-refractivity contribution in [3.05, 3.63) is 47.5 Å². The minimum atomic E-state index is -0.667. The van der Waals surface area contributed by atoms with E-state index in [0.29, 0.717) is 36.3 Å². The van der Waals surface area contributed by atoms with Crippen molar-refractivity contribution in [2.24, 2.45) is 5.92 Å². The van der Waals surface area contributed by atoms with Crippen LogP contribution in [0, 0.1) is 5.92 Å². The van der Waals surface area contributed by atoms with Crippen LogP contribution in [0.2, 0.25) is 0 Å². The van der Waals surface area contributed by atoms with Crippen molar-refractivity contribution in [1.29, 1.82) is 0 Å². The maximum Gasteiger partial charge on any atom is 0.313 e. The van der Waals surface area contributed by atoms with Crippen LogP contribution in [0.5, 0.6) is 0 Å². The van der Waals surface area contributed by atoms with E-state index in [1.807, 2.05) is 25.1 Å². The van der Waals surface area contributed by atoms with Crippen LogP contribution >= 0.6 is 0 Å². The molecule has 2 saturated heterocycles. The molecule has 2 fully saturated rings. The van der Waals surface area contributed by atoms with E-state index in [4.69, 9.17) is 15.1 Å². The molecule has 37 heavy (non-hydrogen) atoms. The minimum absolute atomic E-state index is 0.196. The number of carbonyl (C=O) groups is 2. The van der Waals surface area contributed by atoms with Crippen molar-refractivity contribution < 1.29 is 14.0 Å². The van der Waals surface area contributed by atoms with E-state index in [9.17, 15) is 9.59 Å². The maximum atomic E-state index is 13.4. The molecule has 9 heteroatoms. The van der Waals surface area contributed by atoms with Crippen LogP contribution in [0.3, 0.4) is 0 Å². The van der Waals surface area contributed by atoms with Gasteiger partial charge in [0, 0.05) is 12.5 Å². The second-order valence-electron chi connectivity index (χ2n) is 10.6. The summed E-state index contributed by atoms with van der Waals surface area (Å²) in [6.07, 6.45) is 6.02. The molecular formula is C28H36N6O3. The van der Waals surface area contributed by atoms with Crippen LogP contribution in [-0.2, 0) is 16.0 Å². The van der Waals surface area contributed by atoms with E-state index in [2.05, 4.69) is 29.2 Å². The number of nitrogen functional groups attached to an aromatic ring is 1. The SMILES string of the molecule is CCc1cc(NC(=O)C(=O)N2C[C@@H](C)CC[C@@H]2c2ccc3oc(C4CCN(C)CC4)nc3c2)cnc1N. The lowest BCUT2D eigenvalue weighted by molar-refractivity contribution is -0.146. The Morgan fingerprint density at radius 2 is 1.95 bits per heavy atom. The zero-order chi connectivity index (χ0) is 26.1. The number of oxazole rings is 1. The number of nitrogens with two attached hydrogens (primary N) is 1. The van der Waals surface area contributed by atoms with Gasteiger partial charge in [-0.2, -0.15) is 0 Å². The van der Waals surface area contributed by atoms with Crippen LogP contribution in [0.1, 0.15) is 68.5 Å². The quantitative estimate of drug-likeness (QED) is 0.513. The topological polar surface area (TPSA) is 118 Å². The fourth-order valence-electron chi connectivity index (χ4n) is 5.51. The monoisotopic (exact) mass is 504 g/mol. The molecule has 0 saturated carbocycles. The molecule has 2 atom stereocenters. The molecule has 0 spiro atoms. The van der Waals surface area contributed by atoms with Gasteiger partial charge in [-0.3, -0.25) is 9.59 Å². The summed E-state index contributed by atoms with van der Waals surface area (Å²) in [6, 6.07) is 7.54. The number of rotatable bonds is 4. The van der Waals surface area contributed by atoms with Gasteiger partial charge in [-0.15, -0.1) is 0 Å². The molecule has 2 aliphatic rings. The molecule has 2 aliphatic heterocycles. The summed E-state index contributed by atoms with van der Waals surface area (Å²) in [5.41, 5.74) is 9.73. The Balaban J connectivity index is 1.36. The number of hydrogen-bond acceptors (Lipinski definition) is 7. The zero-order valence-electron chi connectivity index (χ0n) is 21.9. The average molecular weight is 505 g/mol. The first kappa shape index (κ1) is 25.2. The summed E-state index contributed by atoms with van der Waals surface area (Å²) in [5.74, 6) is 0.663. The van der Waals surface area contributed by atoms with Crippen LogP contribution < -0.4 is 11.1 Å². The van der Waals surface area contributed by atoms with E-state index in [0.717, 1.165) is 66.9 Å². The van der Waals surface area contributed by atoms with Crippen LogP contribution in [-0.4, -0.2) is 58.3 Å². The fourth-order valence-corrected chi connectivity index (χ4v) is 5.51. The second kappa shape index (κ2) is 10.5. The van der Waals surface area contributed by atoms with Crippen molar-refractivity contribution in [3.8, 4) is 0 Å². The van der Waals surface area contributed by atoms with Crippen LogP contribution in [0.15, 0.2) is 34.9 Å². The number of anilines is 2. The van der Waals surface area contributed by atoms with Gasteiger partial charge in [0.05, 0.1) is 17.9 Å². The van der Waals surface area contributed by atoms with E-state index < -0.39 is 11.8 Å². The predicted molar refractivity (Wildman–Crippen MR) is 143 cm³/mol. The molecule has 1 aromatic carbocycles. The number of aromatic nitrogens is 2. The highest BCUT2D eigenvalue weighted by Crippen LogP contribution is 2.36. The van der Waals surface area contributed by atoms with Gasteiger partial charge in [0.25, 0.3) is 0 Å². The number of amides is 2. The Morgan fingerprint density at radius 3 is 2.70 bits per heavy atom. The van der Waals surface area contributed by atoms with Gasteiger partial charge in [-0.25, -0.2) is 9.97 Å². The number of fused-ring (bicyclic) bond motifs is 1. The van der Waals surface area contributed by atoms with Crippen LogP contribution in [0.4, 0.5) is 11.5 Å². The molecule has 4 heterocycles. The predicted octanol–water partition coefficient (Wildman–Crippen LogP) is 4.11. The molecular weight excluding hydrogens is 468 g/mol. The first-order valence-electron chi connectivity index (χ1n) is 13.3. The third kappa shape index (κ3) is 5.32. The molecule has 3 N–H and O–H groups in total. The number of nitrogens with zero attached hydrogens (tertiary/aromatic N) is 4. The number of carbonyl (C=O) groups excluding carboxylic acids is 2. The number of pyridine rings is 1. The Hall–Kier alpha value is -3.46. The highest BCUT2D eigenvalue weighted by atomic mass is 16.3. The van der Waals surface area contributed by atoms with Gasteiger partial charge < -0.3 is 25.3 Å². The molecule has 9 nitrogen and oxygen atoms in total. The lowest BCUT2D eigenvalue weighted by Crippen LogP contribution is -2.46. The molecule has 3 aromatic rings. The van der Waals surface area contributed by atoms with Gasteiger partial charge in [0.1, 0.15) is 11.3 Å². The smallest absolute Gasteiger partial charge is 0.313 e. The normalized spacial score (nSPS) is 21.3. The van der Waals surface area contributed by atoms with Gasteiger partial charge in [-0.1, -0.05) is 19.9 Å². The lowest BCUT2D eigenvalue weighted by atomic mass is 9.89. The molecule has 0 radical (unpaired) electrons. The minimum Gasteiger partial charge on any atom is -0.440 e. The van der Waals surface area contributed by atoms with E-state index in [1.165, 1.54) is 6.20 Å². The summed E-state index contributed by atoms with van der Waals surface area (Å²) in [7, 11) is 2.14. The summed E-state index contributed by atoms with van der Waals surface area (Å²) in [5, 5.41) is 2.72. The van der Waals surface area contributed by atoms with Gasteiger partial charge in [0.15, 0.2) is 11.5 Å². The van der Waals surface area contributed by atoms with Gasteiger partial charge in [0.2, 0.25) is 0 Å². The van der Waals surface area contributed by atoms with Gasteiger partial charge >= 0.3 is 11.8 Å². The highest BCUT2D eigenvalue weighted by Gasteiger charge is 2.35. The Bertz CT molecular complexity index is 1300. The van der Waals surface area contributed by atoms with Gasteiger partial charge in [-0.05, 0) is 87.5 Å². The van der Waals surface area contributed by atoms with Crippen molar-refractivity contribution in [1.82, 2.24) is 19.8 Å². The largest absolute Gasteiger partial charge is 0.440 e. The van der Waals surface area contributed by atoms with Crippen molar-refractivity contribution in [3.63, 3.8) is 0 Å². The molecule has 2 amide bonds. The average Bonchev–Trinajstić information content (AvgIpc) is 3.33. The number of nitrogens with one attached hydrogen (secondary N) is 1. The fraction of sp³-hybridized carbons (Fsp3) is 0.500. The van der Waals surface area contributed by atoms with E-state index >= 15 is 0 Å². The Morgan fingerprint density at radius 1 is 1.16 bits per heavy atom. The first-order valence-corrected chi connectivity index (χ1v) is 13.3. The van der Waals surface area contributed by atoms with E-state index in [-0.39, 0.29) is 6.04 Å². The summed E-state index contributed by atoms with van der Waals surface area (Å²) in [4.78, 5) is 39.4. The number of likely N-dealkylation sites (tertiary alicyclic amines) is 2. The highest BCUT2D eigenvalue weighted by molar-refractivity contribution is 6.39. The van der Waals surface area contributed by atoms with Crippen molar-refractivity contribution in [2.75, 3.05) is 37.7 Å². The standard InChI is InChI=1S/C28H36N6O3/c1-4-18-13-21(15-30-25(18)29)31-26(35)28(36)34-16-17(2)5-7-23(34)20-6-8-24-22(14-20)32-27(37-24)19-9-11-33(3)12-10-19/h6,8,13-15,17,19,23H,4-5,7,9-12,16H2,1-3H3,(H2,29,30)(H,31,35)/t17-,23+/m0/s1. The Kier molecular flexibility index (Phi) is 7.15. The lowest BCUT2D eigenvalue weighted by Gasteiger charge is -2.38. The Labute approximate surface area is 217 Å². The third-order valence-electron chi connectivity index (χ3n) is 7.79. The number of benzene rings is 1.